The first-order valence-electron chi connectivity index (χ1n) is 3.76. The number of hydrogen-bond donors (Lipinski definition) is 0. The molecule has 1 aromatic rings. The first-order valence-corrected chi connectivity index (χ1v) is 3.76. The average Bonchev–Trinajstić information content (AvgIpc) is 2.16. The van der Waals surface area contributed by atoms with Crippen molar-refractivity contribution < 1.29 is 33.4 Å². The molecule has 0 fully saturated rings. The van der Waals surface area contributed by atoms with Crippen LogP contribution in [0.15, 0.2) is 12.1 Å². The molecule has 0 unspecified atom stereocenters. The van der Waals surface area contributed by atoms with E-state index in [1.54, 1.807) is 19.2 Å². The van der Waals surface area contributed by atoms with Gasteiger partial charge in [0.2, 0.25) is 0 Å². The largest absolute Gasteiger partial charge is 1.00 e. The molecule has 0 N–H and O–H groups in total. The van der Waals surface area contributed by atoms with Gasteiger partial charge in [0.15, 0.2) is 0 Å². The summed E-state index contributed by atoms with van der Waals surface area (Å²) in [6.45, 7) is 3.72. The van der Waals surface area contributed by atoms with Gasteiger partial charge < -0.3 is 14.6 Å². The zero-order chi connectivity index (χ0) is 9.84. The van der Waals surface area contributed by atoms with Gasteiger partial charge in [-0.1, -0.05) is 6.58 Å². The topological polar surface area (TPSA) is 41.5 Å². The standard InChI is InChI=1S/C10H12O3.Li/c1-7-4-8(12-2)5-10(13-3)9(7)6-11;/h4-6,11H,1H2,2-3H3;/q;+1/p-1/b9-6+;. The number of hydrogen-bond acceptors (Lipinski definition) is 3. The van der Waals surface area contributed by atoms with Crippen molar-refractivity contribution in [1.29, 1.82) is 0 Å². The summed E-state index contributed by atoms with van der Waals surface area (Å²) < 4.78 is 10.0. The van der Waals surface area contributed by atoms with Crippen LogP contribution in [0.2, 0.25) is 0 Å². The monoisotopic (exact) mass is 186 g/mol. The van der Waals surface area contributed by atoms with Crippen molar-refractivity contribution in [3.05, 3.63) is 22.6 Å². The van der Waals surface area contributed by atoms with Gasteiger partial charge in [0, 0.05) is 11.3 Å². The molecule has 0 aliphatic carbocycles. The molecule has 0 heterocycles. The van der Waals surface area contributed by atoms with Crippen molar-refractivity contribution in [3.63, 3.8) is 0 Å². The van der Waals surface area contributed by atoms with Gasteiger partial charge in [-0.15, -0.1) is 6.26 Å². The first-order chi connectivity index (χ1) is 6.22. The Morgan fingerprint density at radius 3 is 2.36 bits per heavy atom. The van der Waals surface area contributed by atoms with Crippen molar-refractivity contribution in [3.8, 4) is 11.5 Å². The van der Waals surface area contributed by atoms with E-state index in [4.69, 9.17) is 9.47 Å². The minimum absolute atomic E-state index is 0. The van der Waals surface area contributed by atoms with Crippen molar-refractivity contribution in [2.24, 2.45) is 0 Å². The number of ether oxygens (including phenoxy) is 2. The summed E-state index contributed by atoms with van der Waals surface area (Å²) in [5, 5.41) is 11.7. The van der Waals surface area contributed by atoms with Crippen LogP contribution in [0, 0.1) is 0 Å². The molecule has 0 aliphatic heterocycles. The molecule has 0 amide bonds. The van der Waals surface area contributed by atoms with E-state index in [2.05, 4.69) is 6.58 Å². The number of benzene rings is 1. The predicted molar refractivity (Wildman–Crippen MR) is 48.8 cm³/mol. The molecule has 3 nitrogen and oxygen atoms in total. The summed E-state index contributed by atoms with van der Waals surface area (Å²) >= 11 is 0. The van der Waals surface area contributed by atoms with Gasteiger partial charge in [-0.05, 0) is 11.3 Å². The molecule has 4 heteroatoms. The second kappa shape index (κ2) is 5.64. The van der Waals surface area contributed by atoms with Crippen molar-refractivity contribution >= 4 is 12.8 Å². The molecule has 0 aliphatic rings. The Morgan fingerprint density at radius 1 is 1.29 bits per heavy atom. The Hall–Kier alpha value is -1.04. The van der Waals surface area contributed by atoms with Crippen LogP contribution in [0.3, 0.4) is 0 Å². The Labute approximate surface area is 94.8 Å². The Balaban J connectivity index is 0.00000169. The Bertz CT molecular complexity index is 401. The SMILES string of the molecule is C=c1cc(OC)cc(OC)/c1=C/[O-].[Li+]. The third kappa shape index (κ3) is 2.47. The molecular weight excluding hydrogens is 175 g/mol. The maximum Gasteiger partial charge on any atom is 1.00 e. The summed E-state index contributed by atoms with van der Waals surface area (Å²) in [4.78, 5) is 0. The molecule has 0 spiro atoms. The summed E-state index contributed by atoms with van der Waals surface area (Å²) in [6, 6.07) is 3.34. The zero-order valence-electron chi connectivity index (χ0n) is 8.66. The van der Waals surface area contributed by atoms with Crippen LogP contribution < -0.4 is 43.9 Å². The molecule has 1 aromatic carbocycles. The van der Waals surface area contributed by atoms with Crippen molar-refractivity contribution in [2.45, 2.75) is 0 Å². The van der Waals surface area contributed by atoms with Crippen LogP contribution >= 0.6 is 0 Å². The maximum absolute atomic E-state index is 10.6. The molecule has 0 saturated heterocycles. The van der Waals surface area contributed by atoms with E-state index in [9.17, 15) is 5.11 Å². The first kappa shape index (κ1) is 13.0. The van der Waals surface area contributed by atoms with Crippen LogP contribution in [0.25, 0.3) is 12.8 Å². The van der Waals surface area contributed by atoms with Crippen LogP contribution in [-0.2, 0) is 0 Å². The fourth-order valence-corrected chi connectivity index (χ4v) is 1.08. The van der Waals surface area contributed by atoms with E-state index in [0.29, 0.717) is 21.9 Å². The fourth-order valence-electron chi connectivity index (χ4n) is 1.08. The van der Waals surface area contributed by atoms with Crippen LogP contribution in [0.4, 0.5) is 0 Å². The van der Waals surface area contributed by atoms with E-state index in [1.807, 2.05) is 0 Å². The van der Waals surface area contributed by atoms with E-state index in [0.717, 1.165) is 6.26 Å². The minimum atomic E-state index is 0. The van der Waals surface area contributed by atoms with Crippen LogP contribution in [0.1, 0.15) is 0 Å². The molecule has 0 aromatic heterocycles. The number of rotatable bonds is 2. The number of methoxy groups -OCH3 is 2. The van der Waals surface area contributed by atoms with Crippen LogP contribution in [0.5, 0.6) is 11.5 Å². The molecule has 0 bridgehead atoms. The zero-order valence-corrected chi connectivity index (χ0v) is 8.66. The van der Waals surface area contributed by atoms with Crippen molar-refractivity contribution in [2.75, 3.05) is 14.2 Å². The third-order valence-electron chi connectivity index (χ3n) is 1.77. The van der Waals surface area contributed by atoms with Gasteiger partial charge in [0.25, 0.3) is 0 Å². The molecule has 1 rings (SSSR count). The van der Waals surface area contributed by atoms with E-state index < -0.39 is 0 Å². The molecule has 0 atom stereocenters. The Morgan fingerprint density at radius 2 is 1.93 bits per heavy atom. The summed E-state index contributed by atoms with van der Waals surface area (Å²) in [5.41, 5.74) is 0. The van der Waals surface area contributed by atoms with Gasteiger partial charge in [-0.2, -0.15) is 0 Å². The van der Waals surface area contributed by atoms with E-state index in [1.165, 1.54) is 7.11 Å². The third-order valence-corrected chi connectivity index (χ3v) is 1.77. The predicted octanol–water partition coefficient (Wildman–Crippen LogP) is -3.78. The van der Waals surface area contributed by atoms with E-state index in [-0.39, 0.29) is 18.9 Å². The molecular formula is C10H11LiO3. The smallest absolute Gasteiger partial charge is 0.877 e. The van der Waals surface area contributed by atoms with Gasteiger partial charge in [0.05, 0.1) is 14.2 Å². The minimum Gasteiger partial charge on any atom is -0.877 e. The quantitative estimate of drug-likeness (QED) is 0.445. The van der Waals surface area contributed by atoms with Gasteiger partial charge >= 0.3 is 18.9 Å². The Kier molecular flexibility index (Phi) is 5.22. The van der Waals surface area contributed by atoms with E-state index >= 15 is 0 Å². The van der Waals surface area contributed by atoms with Crippen molar-refractivity contribution in [1.82, 2.24) is 0 Å². The molecule has 14 heavy (non-hydrogen) atoms. The van der Waals surface area contributed by atoms with Crippen LogP contribution in [-0.4, -0.2) is 14.2 Å². The van der Waals surface area contributed by atoms with Gasteiger partial charge in [0.1, 0.15) is 11.5 Å². The molecule has 0 saturated carbocycles. The molecule has 0 radical (unpaired) electrons. The second-order valence-corrected chi connectivity index (χ2v) is 2.52. The normalized spacial score (nSPS) is 10.6. The van der Waals surface area contributed by atoms with Gasteiger partial charge in [-0.25, -0.2) is 0 Å². The van der Waals surface area contributed by atoms with Gasteiger partial charge in [-0.3, -0.25) is 0 Å². The average molecular weight is 186 g/mol. The maximum atomic E-state index is 10.6. The summed E-state index contributed by atoms with van der Waals surface area (Å²) in [5.74, 6) is 1.12. The second-order valence-electron chi connectivity index (χ2n) is 2.52. The summed E-state index contributed by atoms with van der Waals surface area (Å²) in [7, 11) is 3.05. The summed E-state index contributed by atoms with van der Waals surface area (Å²) in [6.07, 6.45) is 0.723. The molecule has 70 valence electrons. The fraction of sp³-hybridized carbons (Fsp3) is 0.200.